The second-order valence-corrected chi connectivity index (χ2v) is 6.07. The highest BCUT2D eigenvalue weighted by Gasteiger charge is 2.27. The molecule has 1 aliphatic heterocycles. The van der Waals surface area contributed by atoms with Gasteiger partial charge in [-0.1, -0.05) is 30.3 Å². The number of hydrogen-bond acceptors (Lipinski definition) is 5. The van der Waals surface area contributed by atoms with Crippen molar-refractivity contribution in [3.05, 3.63) is 71.3 Å². The van der Waals surface area contributed by atoms with E-state index in [2.05, 4.69) is 27.3 Å². The van der Waals surface area contributed by atoms with E-state index < -0.39 is 5.91 Å². The van der Waals surface area contributed by atoms with Gasteiger partial charge in [-0.25, -0.2) is 4.68 Å². The van der Waals surface area contributed by atoms with Gasteiger partial charge in [0, 0.05) is 17.1 Å². The molecule has 8 heteroatoms. The van der Waals surface area contributed by atoms with E-state index in [1.807, 2.05) is 24.3 Å². The molecule has 2 N–H and O–H groups in total. The number of benzene rings is 1. The monoisotopic (exact) mass is 355 g/mol. The molecule has 7 nitrogen and oxygen atoms in total. The zero-order valence-corrected chi connectivity index (χ0v) is 13.8. The number of halogens is 1. The Morgan fingerprint density at radius 2 is 2.16 bits per heavy atom. The molecule has 1 aromatic carbocycles. The lowest BCUT2D eigenvalue weighted by Gasteiger charge is -2.26. The minimum absolute atomic E-state index is 0.0808. The van der Waals surface area contributed by atoms with E-state index in [1.165, 1.54) is 6.26 Å². The SMILES string of the molecule is C=C1C[C@H](c2ccc(Cl)cc2)n2nc(NC(=O)c3ccco3)nc2N1. The van der Waals surface area contributed by atoms with Gasteiger partial charge in [0.2, 0.25) is 5.95 Å². The van der Waals surface area contributed by atoms with Crippen molar-refractivity contribution in [2.75, 3.05) is 10.6 Å². The number of amides is 1. The van der Waals surface area contributed by atoms with Crippen molar-refractivity contribution in [1.82, 2.24) is 14.8 Å². The molecule has 3 heterocycles. The summed E-state index contributed by atoms with van der Waals surface area (Å²) in [6, 6.07) is 10.7. The van der Waals surface area contributed by atoms with Gasteiger partial charge in [-0.2, -0.15) is 4.98 Å². The van der Waals surface area contributed by atoms with E-state index in [1.54, 1.807) is 16.8 Å². The molecule has 0 aliphatic carbocycles. The van der Waals surface area contributed by atoms with Gasteiger partial charge in [0.25, 0.3) is 11.9 Å². The number of nitrogens with zero attached hydrogens (tertiary/aromatic N) is 3. The number of nitrogens with one attached hydrogen (secondary N) is 2. The zero-order valence-electron chi connectivity index (χ0n) is 13.1. The second-order valence-electron chi connectivity index (χ2n) is 5.64. The maximum Gasteiger partial charge on any atom is 0.293 e. The molecule has 0 unspecified atom stereocenters. The fourth-order valence-corrected chi connectivity index (χ4v) is 2.85. The predicted molar refractivity (Wildman–Crippen MR) is 93.7 cm³/mol. The Balaban J connectivity index is 1.64. The average Bonchev–Trinajstić information content (AvgIpc) is 3.24. The van der Waals surface area contributed by atoms with Gasteiger partial charge in [-0.15, -0.1) is 5.10 Å². The van der Waals surface area contributed by atoms with E-state index in [0.29, 0.717) is 17.4 Å². The summed E-state index contributed by atoms with van der Waals surface area (Å²) in [5.74, 6) is 0.498. The first-order valence-corrected chi connectivity index (χ1v) is 7.99. The number of rotatable bonds is 3. The van der Waals surface area contributed by atoms with Gasteiger partial charge >= 0.3 is 0 Å². The molecule has 126 valence electrons. The van der Waals surface area contributed by atoms with Gasteiger partial charge in [-0.3, -0.25) is 10.1 Å². The van der Waals surface area contributed by atoms with Crippen LogP contribution in [0.5, 0.6) is 0 Å². The molecule has 1 amide bonds. The molecule has 2 aromatic heterocycles. The van der Waals surface area contributed by atoms with Gasteiger partial charge in [-0.05, 0) is 29.8 Å². The molecule has 1 aliphatic rings. The minimum atomic E-state index is -0.408. The summed E-state index contributed by atoms with van der Waals surface area (Å²) in [6.45, 7) is 4.00. The van der Waals surface area contributed by atoms with E-state index in [9.17, 15) is 4.79 Å². The summed E-state index contributed by atoms with van der Waals surface area (Å²) in [5.41, 5.74) is 1.85. The number of furan rings is 1. The lowest BCUT2D eigenvalue weighted by atomic mass is 10.0. The van der Waals surface area contributed by atoms with Crippen LogP contribution in [0.25, 0.3) is 0 Å². The number of aromatic nitrogens is 3. The van der Waals surface area contributed by atoms with Crippen molar-refractivity contribution in [2.45, 2.75) is 12.5 Å². The van der Waals surface area contributed by atoms with Crippen LogP contribution in [0.4, 0.5) is 11.9 Å². The Morgan fingerprint density at radius 3 is 2.88 bits per heavy atom. The van der Waals surface area contributed by atoms with Crippen LogP contribution in [0.1, 0.15) is 28.6 Å². The smallest absolute Gasteiger partial charge is 0.293 e. The molecule has 0 spiro atoms. The van der Waals surface area contributed by atoms with Gasteiger partial charge in [0.15, 0.2) is 5.76 Å². The third-order valence-electron chi connectivity index (χ3n) is 3.88. The molecule has 0 saturated carbocycles. The van der Waals surface area contributed by atoms with E-state index >= 15 is 0 Å². The Hall–Kier alpha value is -3.06. The normalized spacial score (nSPS) is 16.2. The topological polar surface area (TPSA) is 85.0 Å². The minimum Gasteiger partial charge on any atom is -0.459 e. The van der Waals surface area contributed by atoms with E-state index in [4.69, 9.17) is 16.0 Å². The van der Waals surface area contributed by atoms with Crippen molar-refractivity contribution in [3.8, 4) is 0 Å². The summed E-state index contributed by atoms with van der Waals surface area (Å²) in [5, 5.41) is 10.8. The molecule has 0 bridgehead atoms. The van der Waals surface area contributed by atoms with E-state index in [0.717, 1.165) is 11.3 Å². The lowest BCUT2D eigenvalue weighted by molar-refractivity contribution is 0.0995. The number of fused-ring (bicyclic) bond motifs is 1. The van der Waals surface area contributed by atoms with Crippen molar-refractivity contribution < 1.29 is 9.21 Å². The molecule has 4 rings (SSSR count). The van der Waals surface area contributed by atoms with Gasteiger partial charge < -0.3 is 9.73 Å². The van der Waals surface area contributed by atoms with Gasteiger partial charge in [0.1, 0.15) is 0 Å². The summed E-state index contributed by atoms with van der Waals surface area (Å²) in [7, 11) is 0. The largest absolute Gasteiger partial charge is 0.459 e. The summed E-state index contributed by atoms with van der Waals surface area (Å²) >= 11 is 5.97. The summed E-state index contributed by atoms with van der Waals surface area (Å²) in [4.78, 5) is 16.4. The fourth-order valence-electron chi connectivity index (χ4n) is 2.72. The first-order valence-electron chi connectivity index (χ1n) is 7.62. The number of hydrogen-bond donors (Lipinski definition) is 2. The quantitative estimate of drug-likeness (QED) is 0.748. The second kappa shape index (κ2) is 6.10. The summed E-state index contributed by atoms with van der Waals surface area (Å²) < 4.78 is 6.80. The van der Waals surface area contributed by atoms with Crippen LogP contribution in [0.15, 0.2) is 59.4 Å². The van der Waals surface area contributed by atoms with Gasteiger partial charge in [0.05, 0.1) is 12.3 Å². The Kier molecular flexibility index (Phi) is 3.77. The molecule has 0 fully saturated rings. The average molecular weight is 356 g/mol. The first-order chi connectivity index (χ1) is 12.1. The fraction of sp³-hybridized carbons (Fsp3) is 0.118. The molecule has 0 radical (unpaired) electrons. The summed E-state index contributed by atoms with van der Waals surface area (Å²) in [6.07, 6.45) is 2.09. The van der Waals surface area contributed by atoms with Crippen molar-refractivity contribution in [3.63, 3.8) is 0 Å². The van der Waals surface area contributed by atoms with Crippen LogP contribution in [0.3, 0.4) is 0 Å². The molecule has 25 heavy (non-hydrogen) atoms. The van der Waals surface area contributed by atoms with Crippen LogP contribution in [0, 0.1) is 0 Å². The standard InChI is InChI=1S/C17H14ClN5O2/c1-10-9-13(11-4-6-12(18)7-5-11)23-17(19-10)21-16(22-23)20-15(24)14-3-2-8-25-14/h2-8,13H,1,9H2,(H2,19,20,21,22,24)/t13-/m1/s1. The highest BCUT2D eigenvalue weighted by molar-refractivity contribution is 6.30. The molecule has 3 aromatic rings. The van der Waals surface area contributed by atoms with Crippen molar-refractivity contribution >= 4 is 29.4 Å². The number of carbonyl (C=O) groups excluding carboxylic acids is 1. The molecule has 0 saturated heterocycles. The van der Waals surface area contributed by atoms with Crippen LogP contribution < -0.4 is 10.6 Å². The maximum absolute atomic E-state index is 12.1. The van der Waals surface area contributed by atoms with E-state index in [-0.39, 0.29) is 17.8 Å². The van der Waals surface area contributed by atoms with Crippen molar-refractivity contribution in [1.29, 1.82) is 0 Å². The Morgan fingerprint density at radius 1 is 1.36 bits per heavy atom. The van der Waals surface area contributed by atoms with Crippen LogP contribution in [-0.2, 0) is 0 Å². The third kappa shape index (κ3) is 3.01. The Labute approximate surface area is 148 Å². The first kappa shape index (κ1) is 15.5. The predicted octanol–water partition coefficient (Wildman–Crippen LogP) is 3.70. The van der Waals surface area contributed by atoms with Crippen LogP contribution in [0.2, 0.25) is 5.02 Å². The maximum atomic E-state index is 12.1. The lowest BCUT2D eigenvalue weighted by Crippen LogP contribution is -2.23. The number of allylic oxidation sites excluding steroid dienone is 1. The third-order valence-corrected chi connectivity index (χ3v) is 4.13. The Bertz CT molecular complexity index is 931. The number of anilines is 2. The van der Waals surface area contributed by atoms with Crippen LogP contribution in [-0.4, -0.2) is 20.7 Å². The van der Waals surface area contributed by atoms with Crippen molar-refractivity contribution in [2.24, 2.45) is 0 Å². The number of carbonyl (C=O) groups is 1. The van der Waals surface area contributed by atoms with Crippen LogP contribution >= 0.6 is 11.6 Å². The molecular weight excluding hydrogens is 342 g/mol. The molecule has 1 atom stereocenters. The highest BCUT2D eigenvalue weighted by Crippen LogP contribution is 2.33. The highest BCUT2D eigenvalue weighted by atomic mass is 35.5. The zero-order chi connectivity index (χ0) is 17.4. The molecular formula is C17H14ClN5O2.